The van der Waals surface area contributed by atoms with Crippen LogP contribution in [0.4, 0.5) is 11.5 Å². The summed E-state index contributed by atoms with van der Waals surface area (Å²) in [5.74, 6) is 0.103. The lowest BCUT2D eigenvalue weighted by Gasteiger charge is -2.17. The smallest absolute Gasteiger partial charge is 0.263 e. The first-order valence-electron chi connectivity index (χ1n) is 9.76. The number of hydrogen-bond acceptors (Lipinski definition) is 6. The molecule has 1 heterocycles. The van der Waals surface area contributed by atoms with Crippen molar-refractivity contribution in [1.29, 1.82) is 0 Å². The monoisotopic (exact) mass is 512 g/mol. The van der Waals surface area contributed by atoms with Gasteiger partial charge in [0.05, 0.1) is 11.1 Å². The van der Waals surface area contributed by atoms with E-state index in [0.29, 0.717) is 9.99 Å². The molecule has 32 heavy (non-hydrogen) atoms. The zero-order valence-corrected chi connectivity index (χ0v) is 19.9. The van der Waals surface area contributed by atoms with Gasteiger partial charge in [0.25, 0.3) is 15.9 Å². The van der Waals surface area contributed by atoms with Gasteiger partial charge in [-0.05, 0) is 33.6 Å². The van der Waals surface area contributed by atoms with E-state index in [-0.39, 0.29) is 23.2 Å². The maximum absolute atomic E-state index is 13.3. The number of nitrogens with zero attached hydrogens (tertiary/aromatic N) is 3. The van der Waals surface area contributed by atoms with Crippen LogP contribution in [0.2, 0.25) is 0 Å². The van der Waals surface area contributed by atoms with E-state index in [2.05, 4.69) is 30.6 Å². The molecule has 0 aliphatic carbocycles. The number of aromatic nitrogens is 2. The minimum atomic E-state index is -3.97. The summed E-state index contributed by atoms with van der Waals surface area (Å²) in [6.45, 7) is 0.223. The molecule has 0 aliphatic heterocycles. The first kappa shape index (κ1) is 22.0. The van der Waals surface area contributed by atoms with Crippen molar-refractivity contribution >= 4 is 48.2 Å². The molecule has 0 spiro atoms. The predicted molar refractivity (Wildman–Crippen MR) is 130 cm³/mol. The lowest BCUT2D eigenvalue weighted by atomic mass is 10.1. The summed E-state index contributed by atoms with van der Waals surface area (Å²) in [6.07, 6.45) is 1.42. The number of hydrogen-bond donors (Lipinski definition) is 1. The normalized spacial score (nSPS) is 11.3. The Morgan fingerprint density at radius 2 is 1.69 bits per heavy atom. The van der Waals surface area contributed by atoms with Crippen LogP contribution in [0, 0.1) is 0 Å². The molecule has 0 atom stereocenters. The molecule has 0 fully saturated rings. The number of nitrogens with one attached hydrogen (secondary N) is 1. The summed E-state index contributed by atoms with van der Waals surface area (Å²) >= 11 is 3.27. The van der Waals surface area contributed by atoms with Crippen LogP contribution in [-0.2, 0) is 16.6 Å². The predicted octanol–water partition coefficient (Wildman–Crippen LogP) is 4.84. The second-order valence-electron chi connectivity index (χ2n) is 7.25. The SMILES string of the molecule is CN(C)c1cccc2c(S(=O)(=O)Nc3ncc(Br)nc3OCc3ccccc3)cccc12. The zero-order valence-electron chi connectivity index (χ0n) is 17.5. The first-order chi connectivity index (χ1) is 15.3. The van der Waals surface area contributed by atoms with Crippen LogP contribution in [0.3, 0.4) is 0 Å². The number of rotatable bonds is 7. The molecule has 0 radical (unpaired) electrons. The van der Waals surface area contributed by atoms with Gasteiger partial charge in [-0.1, -0.05) is 54.6 Å². The molecule has 164 valence electrons. The van der Waals surface area contributed by atoms with E-state index in [1.807, 2.05) is 67.5 Å². The highest BCUT2D eigenvalue weighted by atomic mass is 79.9. The summed E-state index contributed by atoms with van der Waals surface area (Å²) in [5.41, 5.74) is 1.85. The van der Waals surface area contributed by atoms with Gasteiger partial charge in [-0.15, -0.1) is 0 Å². The molecule has 0 amide bonds. The summed E-state index contributed by atoms with van der Waals surface area (Å²) in [6, 6.07) is 20.3. The molecule has 9 heteroatoms. The fraction of sp³-hybridized carbons (Fsp3) is 0.130. The van der Waals surface area contributed by atoms with Crippen LogP contribution in [0.1, 0.15) is 5.56 Å². The Morgan fingerprint density at radius 1 is 0.969 bits per heavy atom. The van der Waals surface area contributed by atoms with Gasteiger partial charge < -0.3 is 9.64 Å². The van der Waals surface area contributed by atoms with E-state index in [9.17, 15) is 8.42 Å². The molecule has 0 saturated heterocycles. The molecule has 1 N–H and O–H groups in total. The Morgan fingerprint density at radius 3 is 2.44 bits per heavy atom. The topological polar surface area (TPSA) is 84.4 Å². The van der Waals surface area contributed by atoms with Gasteiger partial charge in [0.1, 0.15) is 11.2 Å². The van der Waals surface area contributed by atoms with Crippen molar-refractivity contribution in [2.45, 2.75) is 11.5 Å². The van der Waals surface area contributed by atoms with Gasteiger partial charge in [0.2, 0.25) is 5.82 Å². The highest BCUT2D eigenvalue weighted by molar-refractivity contribution is 9.10. The lowest BCUT2D eigenvalue weighted by molar-refractivity contribution is 0.294. The third kappa shape index (κ3) is 4.68. The molecule has 0 aliphatic rings. The number of ether oxygens (including phenoxy) is 1. The molecule has 4 rings (SSSR count). The molecule has 1 aromatic heterocycles. The Balaban J connectivity index is 1.69. The fourth-order valence-electron chi connectivity index (χ4n) is 3.32. The Bertz CT molecular complexity index is 1360. The summed E-state index contributed by atoms with van der Waals surface area (Å²) in [4.78, 5) is 10.6. The van der Waals surface area contributed by atoms with Gasteiger partial charge in [-0.3, -0.25) is 4.72 Å². The third-order valence-corrected chi connectivity index (χ3v) is 6.57. The molecule has 7 nitrogen and oxygen atoms in total. The molecule has 3 aromatic carbocycles. The largest absolute Gasteiger partial charge is 0.470 e. The fourth-order valence-corrected chi connectivity index (χ4v) is 4.81. The van der Waals surface area contributed by atoms with Gasteiger partial charge in [0.15, 0.2) is 0 Å². The maximum Gasteiger partial charge on any atom is 0.263 e. The van der Waals surface area contributed by atoms with E-state index >= 15 is 0 Å². The minimum absolute atomic E-state index is 0.0184. The number of benzene rings is 3. The van der Waals surface area contributed by atoms with Crippen molar-refractivity contribution < 1.29 is 13.2 Å². The lowest BCUT2D eigenvalue weighted by Crippen LogP contribution is -2.16. The van der Waals surface area contributed by atoms with Gasteiger partial charge in [-0.2, -0.15) is 0 Å². The van der Waals surface area contributed by atoms with E-state index in [0.717, 1.165) is 16.6 Å². The average molecular weight is 513 g/mol. The van der Waals surface area contributed by atoms with Crippen molar-refractivity contribution in [2.24, 2.45) is 0 Å². The van der Waals surface area contributed by atoms with Crippen molar-refractivity contribution in [3.05, 3.63) is 83.1 Å². The van der Waals surface area contributed by atoms with Crippen LogP contribution >= 0.6 is 15.9 Å². The van der Waals surface area contributed by atoms with Crippen molar-refractivity contribution in [2.75, 3.05) is 23.7 Å². The van der Waals surface area contributed by atoms with Gasteiger partial charge in [-0.25, -0.2) is 18.4 Å². The van der Waals surface area contributed by atoms with E-state index < -0.39 is 10.0 Å². The van der Waals surface area contributed by atoms with E-state index in [4.69, 9.17) is 4.74 Å². The first-order valence-corrected chi connectivity index (χ1v) is 12.0. The minimum Gasteiger partial charge on any atom is -0.470 e. The molecule has 0 unspecified atom stereocenters. The van der Waals surface area contributed by atoms with Gasteiger partial charge in [0, 0.05) is 30.6 Å². The van der Waals surface area contributed by atoms with Crippen molar-refractivity contribution in [1.82, 2.24) is 9.97 Å². The van der Waals surface area contributed by atoms with Crippen LogP contribution in [0.25, 0.3) is 10.8 Å². The van der Waals surface area contributed by atoms with Crippen molar-refractivity contribution in [3.63, 3.8) is 0 Å². The second-order valence-corrected chi connectivity index (χ2v) is 9.71. The second kappa shape index (κ2) is 9.13. The highest BCUT2D eigenvalue weighted by Crippen LogP contribution is 2.32. The van der Waals surface area contributed by atoms with E-state index in [1.54, 1.807) is 18.2 Å². The standard InChI is InChI=1S/C23H21BrN4O3S/c1-28(2)19-12-6-11-18-17(19)10-7-13-20(18)32(29,30)27-22-23(26-21(24)14-25-22)31-15-16-8-4-3-5-9-16/h3-14H,15H2,1-2H3,(H,25,27). The summed E-state index contributed by atoms with van der Waals surface area (Å²) in [7, 11) is -0.130. The van der Waals surface area contributed by atoms with Gasteiger partial charge >= 0.3 is 0 Å². The molecule has 4 aromatic rings. The van der Waals surface area contributed by atoms with Crippen molar-refractivity contribution in [3.8, 4) is 5.88 Å². The zero-order chi connectivity index (χ0) is 22.7. The highest BCUT2D eigenvalue weighted by Gasteiger charge is 2.22. The van der Waals surface area contributed by atoms with Crippen LogP contribution in [0.15, 0.2) is 82.4 Å². The molecule has 0 bridgehead atoms. The maximum atomic E-state index is 13.3. The van der Waals surface area contributed by atoms with Crippen LogP contribution in [0.5, 0.6) is 5.88 Å². The molecular formula is C23H21BrN4O3S. The summed E-state index contributed by atoms with van der Waals surface area (Å²) in [5, 5.41) is 1.45. The molecule has 0 saturated carbocycles. The van der Waals surface area contributed by atoms with Crippen LogP contribution < -0.4 is 14.4 Å². The quantitative estimate of drug-likeness (QED) is 0.381. The number of sulfonamides is 1. The number of halogens is 1. The molecular weight excluding hydrogens is 492 g/mol. The Labute approximate surface area is 195 Å². The van der Waals surface area contributed by atoms with E-state index in [1.165, 1.54) is 6.20 Å². The number of fused-ring (bicyclic) bond motifs is 1. The summed E-state index contributed by atoms with van der Waals surface area (Å²) < 4.78 is 35.5. The van der Waals surface area contributed by atoms with Crippen LogP contribution in [-0.4, -0.2) is 32.5 Å². The third-order valence-electron chi connectivity index (χ3n) is 4.79. The number of anilines is 2. The Hall–Kier alpha value is -3.17. The average Bonchev–Trinajstić information content (AvgIpc) is 2.78. The Kier molecular flexibility index (Phi) is 6.29.